The zero-order valence-corrected chi connectivity index (χ0v) is 14.4. The molecule has 0 bridgehead atoms. The third kappa shape index (κ3) is 4.10. The summed E-state index contributed by atoms with van der Waals surface area (Å²) in [5.74, 6) is -0.618. The number of H-pyrrole nitrogens is 1. The van der Waals surface area contributed by atoms with Crippen molar-refractivity contribution in [3.63, 3.8) is 0 Å². The quantitative estimate of drug-likeness (QED) is 0.672. The van der Waals surface area contributed by atoms with Crippen molar-refractivity contribution in [3.8, 4) is 23.1 Å². The largest absolute Gasteiger partial charge is 0.489 e. The van der Waals surface area contributed by atoms with Gasteiger partial charge in [0.2, 0.25) is 0 Å². The van der Waals surface area contributed by atoms with E-state index >= 15 is 0 Å². The maximum Gasteiger partial charge on any atom is 0.361 e. The third-order valence-electron chi connectivity index (χ3n) is 3.70. The lowest BCUT2D eigenvalue weighted by Gasteiger charge is -2.09. The Hall–Kier alpha value is -3.73. The normalized spacial score (nSPS) is 10.3. The van der Waals surface area contributed by atoms with Crippen molar-refractivity contribution in [2.24, 2.45) is 0 Å². The Labute approximate surface area is 154 Å². The van der Waals surface area contributed by atoms with Gasteiger partial charge < -0.3 is 9.47 Å². The number of aromatic nitrogens is 3. The average Bonchev–Trinajstić information content (AvgIpc) is 3.17. The fraction of sp³-hybridized carbons (Fsp3) is 0.158. The molecule has 3 rings (SSSR count). The summed E-state index contributed by atoms with van der Waals surface area (Å²) in [6.45, 7) is 1.92. The molecule has 0 amide bonds. The van der Waals surface area contributed by atoms with E-state index in [-0.39, 0.29) is 24.5 Å². The maximum absolute atomic E-state index is 14.0. The molecular formula is C19H15FN4O3. The zero-order chi connectivity index (χ0) is 19.2. The van der Waals surface area contributed by atoms with Gasteiger partial charge in [0, 0.05) is 11.1 Å². The van der Waals surface area contributed by atoms with Gasteiger partial charge in [-0.1, -0.05) is 18.2 Å². The molecule has 0 aliphatic carbocycles. The molecule has 2 aromatic carbocycles. The maximum atomic E-state index is 14.0. The lowest BCUT2D eigenvalue weighted by atomic mass is 10.1. The molecule has 1 N–H and O–H groups in total. The molecule has 7 nitrogen and oxygen atoms in total. The van der Waals surface area contributed by atoms with Crippen LogP contribution in [0.5, 0.6) is 5.75 Å². The Morgan fingerprint density at radius 2 is 2.11 bits per heavy atom. The van der Waals surface area contributed by atoms with Gasteiger partial charge in [-0.05, 0) is 31.2 Å². The summed E-state index contributed by atoms with van der Waals surface area (Å²) in [5, 5.41) is 19.0. The van der Waals surface area contributed by atoms with Gasteiger partial charge in [0.1, 0.15) is 23.9 Å². The number of esters is 1. The van der Waals surface area contributed by atoms with E-state index in [1.165, 1.54) is 12.1 Å². The average molecular weight is 366 g/mol. The highest BCUT2D eigenvalue weighted by Gasteiger charge is 2.19. The summed E-state index contributed by atoms with van der Waals surface area (Å²) in [4.78, 5) is 11.9. The van der Waals surface area contributed by atoms with Crippen molar-refractivity contribution in [2.75, 3.05) is 6.61 Å². The number of carbonyl (C=O) groups excluding carboxylic acids is 1. The molecule has 0 spiro atoms. The van der Waals surface area contributed by atoms with Crippen molar-refractivity contribution in [3.05, 3.63) is 65.1 Å². The molecule has 0 saturated carbocycles. The molecule has 0 fully saturated rings. The number of aromatic amines is 1. The molecule has 1 heterocycles. The monoisotopic (exact) mass is 366 g/mol. The molecule has 0 radical (unpaired) electrons. The van der Waals surface area contributed by atoms with Crippen LogP contribution in [0.25, 0.3) is 11.3 Å². The number of hydrogen-bond donors (Lipinski definition) is 1. The van der Waals surface area contributed by atoms with E-state index in [0.717, 1.165) is 6.07 Å². The third-order valence-corrected chi connectivity index (χ3v) is 3.70. The summed E-state index contributed by atoms with van der Waals surface area (Å²) < 4.78 is 24.5. The summed E-state index contributed by atoms with van der Waals surface area (Å²) in [7, 11) is 0. The predicted molar refractivity (Wildman–Crippen MR) is 93.2 cm³/mol. The van der Waals surface area contributed by atoms with Crippen LogP contribution in [-0.4, -0.2) is 28.0 Å². The SMILES string of the molecule is CCOC(=O)c1n[nH]nc1-c1cccc(OCc2ccc(C#N)cc2F)c1. The van der Waals surface area contributed by atoms with Crippen LogP contribution in [-0.2, 0) is 11.3 Å². The van der Waals surface area contributed by atoms with Crippen molar-refractivity contribution >= 4 is 5.97 Å². The van der Waals surface area contributed by atoms with Gasteiger partial charge in [-0.2, -0.15) is 15.6 Å². The smallest absolute Gasteiger partial charge is 0.361 e. The lowest BCUT2D eigenvalue weighted by molar-refractivity contribution is 0.0520. The van der Waals surface area contributed by atoms with Crippen LogP contribution in [0.15, 0.2) is 42.5 Å². The number of ether oxygens (including phenoxy) is 2. The summed E-state index contributed by atoms with van der Waals surface area (Å²) >= 11 is 0. The van der Waals surface area contributed by atoms with E-state index in [2.05, 4.69) is 15.4 Å². The zero-order valence-electron chi connectivity index (χ0n) is 14.4. The number of benzene rings is 2. The standard InChI is InChI=1S/C19H15FN4O3/c1-2-26-19(25)18-17(22-24-23-18)13-4-3-5-15(9-13)27-11-14-7-6-12(10-21)8-16(14)20/h3-9H,2,11H2,1H3,(H,22,23,24). The van der Waals surface area contributed by atoms with Crippen LogP contribution in [0.4, 0.5) is 4.39 Å². The first-order valence-electron chi connectivity index (χ1n) is 8.12. The second-order valence-corrected chi connectivity index (χ2v) is 5.48. The van der Waals surface area contributed by atoms with Crippen LogP contribution < -0.4 is 4.74 Å². The van der Waals surface area contributed by atoms with Crippen molar-refractivity contribution in [1.82, 2.24) is 15.4 Å². The molecule has 8 heteroatoms. The lowest BCUT2D eigenvalue weighted by Crippen LogP contribution is -2.06. The molecule has 0 atom stereocenters. The number of nitrogens with zero attached hydrogens (tertiary/aromatic N) is 3. The number of halogens is 1. The number of carbonyl (C=O) groups is 1. The van der Waals surface area contributed by atoms with E-state index < -0.39 is 11.8 Å². The number of nitriles is 1. The highest BCUT2D eigenvalue weighted by molar-refractivity contribution is 5.93. The van der Waals surface area contributed by atoms with Gasteiger partial charge in [-0.25, -0.2) is 9.18 Å². The molecule has 136 valence electrons. The second-order valence-electron chi connectivity index (χ2n) is 5.48. The highest BCUT2D eigenvalue weighted by Crippen LogP contribution is 2.25. The Morgan fingerprint density at radius 1 is 1.26 bits per heavy atom. The van der Waals surface area contributed by atoms with Gasteiger partial charge in [0.25, 0.3) is 0 Å². The van der Waals surface area contributed by atoms with Crippen LogP contribution in [0, 0.1) is 17.1 Å². The van der Waals surface area contributed by atoms with Crippen LogP contribution in [0.3, 0.4) is 0 Å². The second kappa shape index (κ2) is 8.10. The topological polar surface area (TPSA) is 101 Å². The minimum Gasteiger partial charge on any atom is -0.489 e. The minimum absolute atomic E-state index is 0.00938. The van der Waals surface area contributed by atoms with Gasteiger partial charge in [0.05, 0.1) is 18.2 Å². The van der Waals surface area contributed by atoms with E-state index in [4.69, 9.17) is 14.7 Å². The van der Waals surface area contributed by atoms with Gasteiger partial charge in [0.15, 0.2) is 5.69 Å². The van der Waals surface area contributed by atoms with Crippen molar-refractivity contribution in [2.45, 2.75) is 13.5 Å². The Bertz CT molecular complexity index is 1010. The van der Waals surface area contributed by atoms with Gasteiger partial charge in [-0.15, -0.1) is 5.10 Å². The Morgan fingerprint density at radius 3 is 2.85 bits per heavy atom. The molecular weight excluding hydrogens is 351 g/mol. The van der Waals surface area contributed by atoms with Gasteiger partial charge >= 0.3 is 5.97 Å². The first-order chi connectivity index (χ1) is 13.1. The molecule has 3 aromatic rings. The van der Waals surface area contributed by atoms with E-state index in [1.54, 1.807) is 31.2 Å². The van der Waals surface area contributed by atoms with Crippen LogP contribution in [0.1, 0.15) is 28.5 Å². The van der Waals surface area contributed by atoms with Gasteiger partial charge in [-0.3, -0.25) is 0 Å². The molecule has 27 heavy (non-hydrogen) atoms. The Kier molecular flexibility index (Phi) is 5.42. The molecule has 0 aliphatic rings. The predicted octanol–water partition coefficient (Wildman–Crippen LogP) is 3.24. The first-order valence-corrected chi connectivity index (χ1v) is 8.12. The minimum atomic E-state index is -0.577. The fourth-order valence-corrected chi connectivity index (χ4v) is 2.40. The molecule has 0 unspecified atom stereocenters. The van der Waals surface area contributed by atoms with E-state index in [9.17, 15) is 9.18 Å². The van der Waals surface area contributed by atoms with Crippen molar-refractivity contribution < 1.29 is 18.7 Å². The van der Waals surface area contributed by atoms with Crippen LogP contribution >= 0.6 is 0 Å². The fourth-order valence-electron chi connectivity index (χ4n) is 2.40. The molecule has 0 saturated heterocycles. The summed E-state index contributed by atoms with van der Waals surface area (Å²) in [5.41, 5.74) is 1.59. The first kappa shape index (κ1) is 18.1. The number of hydrogen-bond acceptors (Lipinski definition) is 6. The Balaban J connectivity index is 1.78. The van der Waals surface area contributed by atoms with E-state index in [0.29, 0.717) is 22.6 Å². The number of nitrogens with one attached hydrogen (secondary N) is 1. The number of rotatable bonds is 6. The summed E-state index contributed by atoms with van der Waals surface area (Å²) in [6.07, 6.45) is 0. The van der Waals surface area contributed by atoms with Crippen LogP contribution in [0.2, 0.25) is 0 Å². The van der Waals surface area contributed by atoms with Crippen molar-refractivity contribution in [1.29, 1.82) is 5.26 Å². The molecule has 0 aliphatic heterocycles. The van der Waals surface area contributed by atoms with E-state index in [1.807, 2.05) is 6.07 Å². The highest BCUT2D eigenvalue weighted by atomic mass is 19.1. The molecule has 1 aromatic heterocycles. The summed E-state index contributed by atoms with van der Waals surface area (Å²) in [6, 6.07) is 12.9.